The average molecular weight is 276 g/mol. The minimum Gasteiger partial charge on any atom is -0.367 e. The van der Waals surface area contributed by atoms with Crippen molar-refractivity contribution in [2.24, 2.45) is 5.73 Å². The van der Waals surface area contributed by atoms with Gasteiger partial charge in [-0.1, -0.05) is 12.8 Å². The normalized spacial score (nSPS) is 15.3. The van der Waals surface area contributed by atoms with Crippen LogP contribution in [0.25, 0.3) is 0 Å². The Labute approximate surface area is 120 Å². The molecule has 1 fully saturated rings. The molecule has 0 saturated heterocycles. The fourth-order valence-electron chi connectivity index (χ4n) is 2.82. The summed E-state index contributed by atoms with van der Waals surface area (Å²) in [6.45, 7) is 1.44. The Kier molecular flexibility index (Phi) is 4.95. The Balaban J connectivity index is 2.24. The first kappa shape index (κ1) is 14.8. The smallest absolute Gasteiger partial charge is 0.272 e. The molecular weight excluding hydrogens is 252 g/mol. The molecule has 5 heteroatoms. The molecule has 2 N–H and O–H groups in total. The van der Waals surface area contributed by atoms with Crippen LogP contribution in [-0.4, -0.2) is 49.0 Å². The number of hydrogen-bond donors (Lipinski definition) is 1. The van der Waals surface area contributed by atoms with Gasteiger partial charge in [-0.05, 0) is 25.0 Å². The zero-order chi connectivity index (χ0) is 14.5. The molecule has 0 spiro atoms. The van der Waals surface area contributed by atoms with Gasteiger partial charge in [-0.3, -0.25) is 9.78 Å². The molecule has 1 aliphatic carbocycles. The maximum atomic E-state index is 12.0. The van der Waals surface area contributed by atoms with Crippen LogP contribution in [0, 0.1) is 0 Å². The summed E-state index contributed by atoms with van der Waals surface area (Å²) in [5, 5.41) is 0. The number of nitrogens with zero attached hydrogens (tertiary/aromatic N) is 3. The van der Waals surface area contributed by atoms with E-state index in [9.17, 15) is 4.79 Å². The molecule has 0 unspecified atom stereocenters. The highest BCUT2D eigenvalue weighted by molar-refractivity contribution is 5.92. The molecule has 2 rings (SSSR count). The minimum absolute atomic E-state index is 0.0639. The molecular formula is C15H24N4O. The first-order chi connectivity index (χ1) is 9.63. The van der Waals surface area contributed by atoms with Crippen LogP contribution < -0.4 is 10.6 Å². The topological polar surface area (TPSA) is 62.5 Å². The van der Waals surface area contributed by atoms with E-state index >= 15 is 0 Å². The van der Waals surface area contributed by atoms with Gasteiger partial charge in [0, 0.05) is 45.1 Å². The monoisotopic (exact) mass is 276 g/mol. The van der Waals surface area contributed by atoms with E-state index in [0.29, 0.717) is 18.3 Å². The minimum atomic E-state index is -0.0639. The highest BCUT2D eigenvalue weighted by Gasteiger charge is 2.23. The van der Waals surface area contributed by atoms with Gasteiger partial charge in [-0.2, -0.15) is 0 Å². The summed E-state index contributed by atoms with van der Waals surface area (Å²) >= 11 is 0. The number of amides is 1. The Bertz CT molecular complexity index is 455. The van der Waals surface area contributed by atoms with Gasteiger partial charge in [0.2, 0.25) is 0 Å². The molecule has 1 aliphatic rings. The number of hydrogen-bond acceptors (Lipinski definition) is 4. The summed E-state index contributed by atoms with van der Waals surface area (Å²) in [5.41, 5.74) is 7.30. The van der Waals surface area contributed by atoms with Crippen LogP contribution in [0.4, 0.5) is 5.69 Å². The molecule has 0 radical (unpaired) electrons. The number of carbonyl (C=O) groups is 1. The summed E-state index contributed by atoms with van der Waals surface area (Å²) < 4.78 is 0. The van der Waals surface area contributed by atoms with E-state index in [1.807, 2.05) is 12.1 Å². The van der Waals surface area contributed by atoms with Crippen molar-refractivity contribution >= 4 is 11.6 Å². The molecule has 1 heterocycles. The van der Waals surface area contributed by atoms with Gasteiger partial charge in [0.05, 0.1) is 0 Å². The van der Waals surface area contributed by atoms with Gasteiger partial charge in [0.15, 0.2) is 0 Å². The Morgan fingerprint density at radius 2 is 2.10 bits per heavy atom. The van der Waals surface area contributed by atoms with Crippen LogP contribution in [0.2, 0.25) is 0 Å². The zero-order valence-corrected chi connectivity index (χ0v) is 12.4. The van der Waals surface area contributed by atoms with Crippen molar-refractivity contribution in [2.45, 2.75) is 31.7 Å². The van der Waals surface area contributed by atoms with Crippen molar-refractivity contribution in [3.63, 3.8) is 0 Å². The second-order valence-electron chi connectivity index (χ2n) is 5.52. The maximum Gasteiger partial charge on any atom is 0.272 e. The lowest BCUT2D eigenvalue weighted by molar-refractivity contribution is 0.0822. The van der Waals surface area contributed by atoms with E-state index in [2.05, 4.69) is 9.88 Å². The number of anilines is 1. The lowest BCUT2D eigenvalue weighted by atomic mass is 10.1. The van der Waals surface area contributed by atoms with Crippen molar-refractivity contribution in [3.05, 3.63) is 24.0 Å². The lowest BCUT2D eigenvalue weighted by Gasteiger charge is -2.31. The predicted octanol–water partition coefficient (Wildman–Crippen LogP) is 1.49. The van der Waals surface area contributed by atoms with Gasteiger partial charge >= 0.3 is 0 Å². The van der Waals surface area contributed by atoms with Crippen LogP contribution in [0.1, 0.15) is 36.2 Å². The van der Waals surface area contributed by atoms with Crippen molar-refractivity contribution in [1.82, 2.24) is 9.88 Å². The fourth-order valence-corrected chi connectivity index (χ4v) is 2.82. The first-order valence-electron chi connectivity index (χ1n) is 7.28. The number of nitrogens with two attached hydrogens (primary N) is 1. The highest BCUT2D eigenvalue weighted by Crippen LogP contribution is 2.28. The van der Waals surface area contributed by atoms with E-state index in [-0.39, 0.29) is 5.91 Å². The van der Waals surface area contributed by atoms with Crippen molar-refractivity contribution in [1.29, 1.82) is 0 Å². The van der Waals surface area contributed by atoms with Crippen molar-refractivity contribution in [3.8, 4) is 0 Å². The molecule has 20 heavy (non-hydrogen) atoms. The third-order valence-corrected chi connectivity index (χ3v) is 3.84. The van der Waals surface area contributed by atoms with Gasteiger partial charge in [0.1, 0.15) is 5.69 Å². The highest BCUT2D eigenvalue weighted by atomic mass is 16.2. The van der Waals surface area contributed by atoms with Gasteiger partial charge in [-0.15, -0.1) is 0 Å². The molecule has 5 nitrogen and oxygen atoms in total. The van der Waals surface area contributed by atoms with Crippen LogP contribution in [-0.2, 0) is 0 Å². The second kappa shape index (κ2) is 6.70. The lowest BCUT2D eigenvalue weighted by Crippen LogP contribution is -2.37. The molecule has 0 bridgehead atoms. The number of pyridine rings is 1. The maximum absolute atomic E-state index is 12.0. The van der Waals surface area contributed by atoms with E-state index in [0.717, 1.165) is 12.2 Å². The number of aromatic nitrogens is 1. The first-order valence-corrected chi connectivity index (χ1v) is 7.28. The second-order valence-corrected chi connectivity index (χ2v) is 5.52. The van der Waals surface area contributed by atoms with Gasteiger partial charge in [0.25, 0.3) is 5.91 Å². The largest absolute Gasteiger partial charge is 0.367 e. The van der Waals surface area contributed by atoms with Crippen molar-refractivity contribution in [2.75, 3.05) is 32.1 Å². The van der Waals surface area contributed by atoms with Gasteiger partial charge < -0.3 is 15.5 Å². The molecule has 1 saturated carbocycles. The predicted molar refractivity (Wildman–Crippen MR) is 80.9 cm³/mol. The molecule has 1 aromatic heterocycles. The van der Waals surface area contributed by atoms with E-state index < -0.39 is 0 Å². The summed E-state index contributed by atoms with van der Waals surface area (Å²) in [6.07, 6.45) is 6.68. The van der Waals surface area contributed by atoms with Crippen LogP contribution in [0.3, 0.4) is 0 Å². The van der Waals surface area contributed by atoms with Gasteiger partial charge in [-0.25, -0.2) is 0 Å². The van der Waals surface area contributed by atoms with Crippen LogP contribution in [0.15, 0.2) is 18.3 Å². The molecule has 0 atom stereocenters. The third-order valence-electron chi connectivity index (χ3n) is 3.84. The van der Waals surface area contributed by atoms with E-state index in [1.54, 1.807) is 25.2 Å². The van der Waals surface area contributed by atoms with Crippen LogP contribution >= 0.6 is 0 Å². The molecule has 0 aliphatic heterocycles. The Morgan fingerprint density at radius 1 is 1.40 bits per heavy atom. The number of carbonyl (C=O) groups excluding carboxylic acids is 1. The molecule has 110 valence electrons. The van der Waals surface area contributed by atoms with E-state index in [4.69, 9.17) is 5.73 Å². The Hall–Kier alpha value is -1.62. The summed E-state index contributed by atoms with van der Waals surface area (Å²) in [4.78, 5) is 20.1. The molecule has 1 amide bonds. The quantitative estimate of drug-likeness (QED) is 0.885. The summed E-state index contributed by atoms with van der Waals surface area (Å²) in [7, 11) is 3.48. The third kappa shape index (κ3) is 3.28. The SMILES string of the molecule is CN(C)C(=O)c1cc(N(CCN)C2CCCC2)ccn1. The molecule has 1 aromatic rings. The summed E-state index contributed by atoms with van der Waals surface area (Å²) in [6, 6.07) is 4.40. The van der Waals surface area contributed by atoms with Crippen LogP contribution in [0.5, 0.6) is 0 Å². The van der Waals surface area contributed by atoms with Crippen molar-refractivity contribution < 1.29 is 4.79 Å². The standard InChI is InChI=1S/C15H24N4O/c1-18(2)15(20)14-11-13(7-9-17-14)19(10-8-16)12-5-3-4-6-12/h7,9,11-12H,3-6,8,10,16H2,1-2H3. The average Bonchev–Trinajstić information content (AvgIpc) is 2.97. The molecule has 0 aromatic carbocycles. The van der Waals surface area contributed by atoms with E-state index in [1.165, 1.54) is 25.7 Å². The summed E-state index contributed by atoms with van der Waals surface area (Å²) in [5.74, 6) is -0.0639. The fraction of sp³-hybridized carbons (Fsp3) is 0.600. The zero-order valence-electron chi connectivity index (χ0n) is 12.4. The number of rotatable bonds is 5. The Morgan fingerprint density at radius 3 is 2.70 bits per heavy atom.